The van der Waals surface area contributed by atoms with Crippen molar-refractivity contribution in [2.24, 2.45) is 0 Å². The Hall–Kier alpha value is -3.90. The minimum Gasteiger partial charge on any atom is -0.0614 e. The molecule has 0 saturated heterocycles. The Balaban J connectivity index is 1.73. The Morgan fingerprint density at radius 2 is 0.925 bits per heavy atom. The van der Waals surface area contributed by atoms with Crippen LogP contribution in [0.1, 0.15) is 63.8 Å². The molecule has 40 heavy (non-hydrogen) atoms. The van der Waals surface area contributed by atoms with Gasteiger partial charge in [0.2, 0.25) is 0 Å². The van der Waals surface area contributed by atoms with Crippen molar-refractivity contribution in [3.8, 4) is 22.3 Å². The van der Waals surface area contributed by atoms with Crippen LogP contribution in [-0.4, -0.2) is 0 Å². The standard InChI is InChI=1S/C40H40/c1-25-13-19-34-35(20-25)37(28-10-9-11-31(23-28)39(3,4)5)33-18-12-26(2)21-36(33)38(34)29-15-14-27-16-17-32(40(6,7)8)24-30(27)22-29/h9-24H,1-8H3. The van der Waals surface area contributed by atoms with E-state index in [-0.39, 0.29) is 10.8 Å². The molecule has 0 fully saturated rings. The van der Waals surface area contributed by atoms with Crippen molar-refractivity contribution in [2.45, 2.75) is 66.2 Å². The molecule has 0 saturated carbocycles. The zero-order valence-corrected chi connectivity index (χ0v) is 25.2. The summed E-state index contributed by atoms with van der Waals surface area (Å²) in [5.74, 6) is 0. The van der Waals surface area contributed by atoms with Crippen LogP contribution in [0.5, 0.6) is 0 Å². The van der Waals surface area contributed by atoms with Gasteiger partial charge in [-0.15, -0.1) is 0 Å². The number of hydrogen-bond donors (Lipinski definition) is 0. The van der Waals surface area contributed by atoms with Gasteiger partial charge in [-0.05, 0) is 96.4 Å². The lowest BCUT2D eigenvalue weighted by molar-refractivity contribution is 0.590. The minimum absolute atomic E-state index is 0.0884. The lowest BCUT2D eigenvalue weighted by Crippen LogP contribution is -2.10. The first-order valence-corrected chi connectivity index (χ1v) is 14.5. The quantitative estimate of drug-likeness (QED) is 0.199. The molecule has 0 spiro atoms. The molecule has 0 aromatic heterocycles. The second kappa shape index (κ2) is 9.34. The van der Waals surface area contributed by atoms with E-state index < -0.39 is 0 Å². The first-order chi connectivity index (χ1) is 18.9. The summed E-state index contributed by atoms with van der Waals surface area (Å²) in [5, 5.41) is 7.85. The zero-order valence-electron chi connectivity index (χ0n) is 25.2. The second-order valence-electron chi connectivity index (χ2n) is 13.7. The van der Waals surface area contributed by atoms with Crippen LogP contribution in [0.15, 0.2) is 97.1 Å². The first kappa shape index (κ1) is 26.3. The highest BCUT2D eigenvalue weighted by molar-refractivity contribution is 6.22. The van der Waals surface area contributed by atoms with Crippen molar-refractivity contribution in [1.82, 2.24) is 0 Å². The third-order valence-corrected chi connectivity index (χ3v) is 8.44. The molecule has 6 aromatic carbocycles. The number of aryl methyl sites for hydroxylation is 2. The number of rotatable bonds is 2. The van der Waals surface area contributed by atoms with Crippen molar-refractivity contribution in [3.63, 3.8) is 0 Å². The smallest absolute Gasteiger partial charge is 0.00260 e. The molecule has 0 heterocycles. The molecule has 0 atom stereocenters. The summed E-state index contributed by atoms with van der Waals surface area (Å²) >= 11 is 0. The monoisotopic (exact) mass is 520 g/mol. The van der Waals surface area contributed by atoms with Gasteiger partial charge in [0.1, 0.15) is 0 Å². The lowest BCUT2D eigenvalue weighted by atomic mass is 9.81. The van der Waals surface area contributed by atoms with E-state index in [2.05, 4.69) is 152 Å². The largest absolute Gasteiger partial charge is 0.0614 e. The van der Waals surface area contributed by atoms with Gasteiger partial charge in [-0.2, -0.15) is 0 Å². The van der Waals surface area contributed by atoms with E-state index in [4.69, 9.17) is 0 Å². The molecule has 200 valence electrons. The molecule has 0 amide bonds. The number of benzene rings is 6. The molecule has 0 nitrogen and oxygen atoms in total. The van der Waals surface area contributed by atoms with Crippen molar-refractivity contribution < 1.29 is 0 Å². The molecule has 0 aliphatic heterocycles. The molecule has 0 radical (unpaired) electrons. The molecule has 6 rings (SSSR count). The Bertz CT molecular complexity index is 1920. The van der Waals surface area contributed by atoms with Crippen LogP contribution in [0.2, 0.25) is 0 Å². The van der Waals surface area contributed by atoms with E-state index in [9.17, 15) is 0 Å². The average Bonchev–Trinajstić information content (AvgIpc) is 2.90. The molecule has 0 bridgehead atoms. The van der Waals surface area contributed by atoms with Gasteiger partial charge in [0.15, 0.2) is 0 Å². The maximum absolute atomic E-state index is 2.40. The van der Waals surface area contributed by atoms with E-state index >= 15 is 0 Å². The molecule has 0 heteroatoms. The summed E-state index contributed by atoms with van der Waals surface area (Å²) in [4.78, 5) is 0. The van der Waals surface area contributed by atoms with Crippen LogP contribution in [0.3, 0.4) is 0 Å². The van der Waals surface area contributed by atoms with Crippen LogP contribution in [-0.2, 0) is 10.8 Å². The van der Waals surface area contributed by atoms with Crippen LogP contribution in [0.4, 0.5) is 0 Å². The topological polar surface area (TPSA) is 0 Å². The zero-order chi connectivity index (χ0) is 28.4. The molecular weight excluding hydrogens is 480 g/mol. The van der Waals surface area contributed by atoms with Crippen molar-refractivity contribution in [3.05, 3.63) is 119 Å². The fraction of sp³-hybridized carbons (Fsp3) is 0.250. The Labute approximate surface area is 239 Å². The summed E-state index contributed by atoms with van der Waals surface area (Å²) in [6.45, 7) is 18.2. The third kappa shape index (κ3) is 4.60. The highest BCUT2D eigenvalue weighted by Crippen LogP contribution is 2.45. The summed E-state index contributed by atoms with van der Waals surface area (Å²) in [7, 11) is 0. The predicted molar refractivity (Wildman–Crippen MR) is 177 cm³/mol. The maximum Gasteiger partial charge on any atom is -0.00260 e. The fourth-order valence-electron chi connectivity index (χ4n) is 6.09. The molecule has 6 aromatic rings. The van der Waals surface area contributed by atoms with E-state index in [0.29, 0.717) is 0 Å². The molecule has 0 N–H and O–H groups in total. The summed E-state index contributed by atoms with van der Waals surface area (Å²) in [5.41, 5.74) is 10.7. The maximum atomic E-state index is 2.40. The SMILES string of the molecule is Cc1ccc2c(-c3ccc4ccc(C(C)(C)C)cc4c3)c3cc(C)ccc3c(-c3cccc(C(C)(C)C)c3)c2c1. The van der Waals surface area contributed by atoms with Gasteiger partial charge in [-0.25, -0.2) is 0 Å². The normalized spacial score (nSPS) is 12.5. The molecule has 0 aliphatic rings. The van der Waals surface area contributed by atoms with Crippen LogP contribution in [0.25, 0.3) is 54.6 Å². The number of hydrogen-bond acceptors (Lipinski definition) is 0. The van der Waals surface area contributed by atoms with Gasteiger partial charge in [-0.3, -0.25) is 0 Å². The van der Waals surface area contributed by atoms with Gasteiger partial charge in [0, 0.05) is 0 Å². The van der Waals surface area contributed by atoms with Gasteiger partial charge in [0.25, 0.3) is 0 Å². The highest BCUT2D eigenvalue weighted by Gasteiger charge is 2.20. The van der Waals surface area contributed by atoms with E-state index in [1.54, 1.807) is 0 Å². The first-order valence-electron chi connectivity index (χ1n) is 14.5. The lowest BCUT2D eigenvalue weighted by Gasteiger charge is -2.22. The molecule has 0 unspecified atom stereocenters. The molecular formula is C40H40. The van der Waals surface area contributed by atoms with Crippen LogP contribution < -0.4 is 0 Å². The Kier molecular flexibility index (Phi) is 6.15. The number of fused-ring (bicyclic) bond motifs is 3. The van der Waals surface area contributed by atoms with Crippen LogP contribution >= 0.6 is 0 Å². The van der Waals surface area contributed by atoms with Gasteiger partial charge in [0.05, 0.1) is 0 Å². The van der Waals surface area contributed by atoms with E-state index in [1.807, 2.05) is 0 Å². The van der Waals surface area contributed by atoms with Crippen molar-refractivity contribution in [2.75, 3.05) is 0 Å². The predicted octanol–water partition coefficient (Wildman–Crippen LogP) is 11.7. The Morgan fingerprint density at radius 3 is 1.50 bits per heavy atom. The van der Waals surface area contributed by atoms with Crippen molar-refractivity contribution >= 4 is 32.3 Å². The van der Waals surface area contributed by atoms with E-state index in [1.165, 1.54) is 76.8 Å². The van der Waals surface area contributed by atoms with Gasteiger partial charge < -0.3 is 0 Å². The fourth-order valence-corrected chi connectivity index (χ4v) is 6.09. The van der Waals surface area contributed by atoms with Crippen molar-refractivity contribution in [1.29, 1.82) is 0 Å². The second-order valence-corrected chi connectivity index (χ2v) is 13.7. The van der Waals surface area contributed by atoms with Gasteiger partial charge >= 0.3 is 0 Å². The Morgan fingerprint density at radius 1 is 0.400 bits per heavy atom. The summed E-state index contributed by atoms with van der Waals surface area (Å²) in [6.07, 6.45) is 0. The molecule has 0 aliphatic carbocycles. The minimum atomic E-state index is 0.0884. The van der Waals surface area contributed by atoms with E-state index in [0.717, 1.165) is 0 Å². The highest BCUT2D eigenvalue weighted by atomic mass is 14.2. The summed E-state index contributed by atoms with van der Waals surface area (Å²) in [6, 6.07) is 37.1. The average molecular weight is 521 g/mol. The third-order valence-electron chi connectivity index (χ3n) is 8.44. The van der Waals surface area contributed by atoms with Gasteiger partial charge in [-0.1, -0.05) is 144 Å². The summed E-state index contributed by atoms with van der Waals surface area (Å²) < 4.78 is 0. The van der Waals surface area contributed by atoms with Crippen LogP contribution in [0, 0.1) is 13.8 Å².